The summed E-state index contributed by atoms with van der Waals surface area (Å²) in [5, 5.41) is 0.562. The summed E-state index contributed by atoms with van der Waals surface area (Å²) in [5.74, 6) is -0.594. The monoisotopic (exact) mass is 410 g/mol. The summed E-state index contributed by atoms with van der Waals surface area (Å²) in [4.78, 5) is 18.1. The van der Waals surface area contributed by atoms with Crippen LogP contribution in [0.3, 0.4) is 0 Å². The van der Waals surface area contributed by atoms with Crippen molar-refractivity contribution in [3.63, 3.8) is 0 Å². The van der Waals surface area contributed by atoms with E-state index in [9.17, 15) is 18.0 Å². The van der Waals surface area contributed by atoms with Crippen molar-refractivity contribution < 1.29 is 13.2 Å². The fourth-order valence-electron chi connectivity index (χ4n) is 4.30. The van der Waals surface area contributed by atoms with Crippen LogP contribution in [0.4, 0.5) is 13.2 Å². The van der Waals surface area contributed by atoms with Gasteiger partial charge >= 0.3 is 6.18 Å². The van der Waals surface area contributed by atoms with E-state index in [1.165, 1.54) is 0 Å². The van der Waals surface area contributed by atoms with Crippen molar-refractivity contribution in [3.8, 4) is 5.69 Å². The van der Waals surface area contributed by atoms with Gasteiger partial charge in [0.1, 0.15) is 5.82 Å². The Hall–Kier alpha value is -1.82. The van der Waals surface area contributed by atoms with Gasteiger partial charge in [-0.25, -0.2) is 4.98 Å². The molecule has 28 heavy (non-hydrogen) atoms. The molecule has 7 heteroatoms. The van der Waals surface area contributed by atoms with Crippen molar-refractivity contribution in [2.75, 3.05) is 0 Å². The molecular weight excluding hydrogens is 389 g/mol. The molecule has 3 nitrogen and oxygen atoms in total. The van der Waals surface area contributed by atoms with E-state index in [1.54, 1.807) is 28.8 Å². The van der Waals surface area contributed by atoms with Gasteiger partial charge in [0, 0.05) is 22.2 Å². The summed E-state index contributed by atoms with van der Waals surface area (Å²) in [7, 11) is 0. The lowest BCUT2D eigenvalue weighted by molar-refractivity contribution is -0.182. The van der Waals surface area contributed by atoms with Crippen LogP contribution in [0.2, 0.25) is 5.02 Å². The lowest BCUT2D eigenvalue weighted by Crippen LogP contribution is -2.32. The molecule has 2 aliphatic carbocycles. The molecule has 150 valence electrons. The first kappa shape index (κ1) is 19.5. The Morgan fingerprint density at radius 2 is 1.57 bits per heavy atom. The molecule has 4 rings (SSSR count). The molecule has 1 aromatic carbocycles. The number of aryl methyl sites for hydroxylation is 1. The van der Waals surface area contributed by atoms with Gasteiger partial charge in [0.15, 0.2) is 0 Å². The first-order valence-electron chi connectivity index (χ1n) is 9.71. The highest BCUT2D eigenvalue weighted by molar-refractivity contribution is 6.30. The standard InChI is InChI=1S/C21H22ClF3N2O/c1-12-18(13-2-3-13)20(28)27(17-10-8-16(22)9-11-17)19(26-12)14-4-6-15(7-5-14)21(23,24)25/h8-11,13-15H,2-7H2,1H3/t14-,15+. The second kappa shape index (κ2) is 7.21. The minimum atomic E-state index is -4.15. The van der Waals surface area contributed by atoms with E-state index >= 15 is 0 Å². The Morgan fingerprint density at radius 1 is 1.00 bits per heavy atom. The normalized spacial score (nSPS) is 23.0. The van der Waals surface area contributed by atoms with Gasteiger partial charge in [-0.05, 0) is 75.6 Å². The van der Waals surface area contributed by atoms with Crippen LogP contribution < -0.4 is 5.56 Å². The van der Waals surface area contributed by atoms with Crippen molar-refractivity contribution in [1.29, 1.82) is 0 Å². The maximum atomic E-state index is 13.4. The second-order valence-corrected chi connectivity index (χ2v) is 8.39. The van der Waals surface area contributed by atoms with Crippen molar-refractivity contribution in [2.45, 2.75) is 63.5 Å². The van der Waals surface area contributed by atoms with Gasteiger partial charge in [-0.1, -0.05) is 11.6 Å². The summed E-state index contributed by atoms with van der Waals surface area (Å²) in [5.41, 5.74) is 2.02. The molecule has 0 N–H and O–H groups in total. The van der Waals surface area contributed by atoms with E-state index in [0.717, 1.165) is 18.4 Å². The summed E-state index contributed by atoms with van der Waals surface area (Å²) in [6, 6.07) is 6.96. The quantitative estimate of drug-likeness (QED) is 0.630. The Bertz CT molecular complexity index is 924. The van der Waals surface area contributed by atoms with E-state index in [4.69, 9.17) is 16.6 Å². The van der Waals surface area contributed by atoms with Gasteiger partial charge in [0.05, 0.1) is 11.6 Å². The molecule has 0 spiro atoms. The number of benzene rings is 1. The van der Waals surface area contributed by atoms with E-state index in [2.05, 4.69) is 0 Å². The summed E-state index contributed by atoms with van der Waals surface area (Å²) < 4.78 is 40.7. The van der Waals surface area contributed by atoms with Gasteiger partial charge in [0.2, 0.25) is 0 Å². The number of alkyl halides is 3. The molecule has 1 aromatic heterocycles. The van der Waals surface area contributed by atoms with Crippen LogP contribution in [0.1, 0.15) is 67.4 Å². The predicted octanol–water partition coefficient (Wildman–Crippen LogP) is 5.91. The van der Waals surface area contributed by atoms with E-state index < -0.39 is 12.1 Å². The van der Waals surface area contributed by atoms with Crippen LogP contribution >= 0.6 is 11.6 Å². The second-order valence-electron chi connectivity index (χ2n) is 7.95. The third-order valence-electron chi connectivity index (χ3n) is 5.96. The summed E-state index contributed by atoms with van der Waals surface area (Å²) >= 11 is 5.99. The predicted molar refractivity (Wildman–Crippen MR) is 102 cm³/mol. The molecule has 2 saturated carbocycles. The average Bonchev–Trinajstić information content (AvgIpc) is 3.47. The minimum Gasteiger partial charge on any atom is -0.269 e. The zero-order chi connectivity index (χ0) is 20.1. The molecule has 0 aliphatic heterocycles. The van der Waals surface area contributed by atoms with Crippen LogP contribution in [-0.2, 0) is 0 Å². The Morgan fingerprint density at radius 3 is 2.11 bits per heavy atom. The number of hydrogen-bond acceptors (Lipinski definition) is 2. The zero-order valence-electron chi connectivity index (χ0n) is 15.6. The molecule has 2 aromatic rings. The molecule has 0 radical (unpaired) electrons. The molecule has 0 amide bonds. The number of rotatable bonds is 3. The van der Waals surface area contributed by atoms with Gasteiger partial charge < -0.3 is 0 Å². The highest BCUT2D eigenvalue weighted by Crippen LogP contribution is 2.44. The van der Waals surface area contributed by atoms with Crippen LogP contribution in [-0.4, -0.2) is 15.7 Å². The highest BCUT2D eigenvalue weighted by atomic mass is 35.5. The Labute approximate surface area is 166 Å². The maximum absolute atomic E-state index is 13.4. The number of aromatic nitrogens is 2. The van der Waals surface area contributed by atoms with Crippen LogP contribution in [0.5, 0.6) is 0 Å². The van der Waals surface area contributed by atoms with Gasteiger partial charge in [0.25, 0.3) is 5.56 Å². The zero-order valence-corrected chi connectivity index (χ0v) is 16.4. The molecule has 2 aliphatic rings. The van der Waals surface area contributed by atoms with Gasteiger partial charge in [-0.2, -0.15) is 13.2 Å². The number of hydrogen-bond donors (Lipinski definition) is 0. The molecule has 0 unspecified atom stereocenters. The van der Waals surface area contributed by atoms with Crippen molar-refractivity contribution in [2.24, 2.45) is 5.92 Å². The molecule has 1 heterocycles. The molecule has 0 bridgehead atoms. The highest BCUT2D eigenvalue weighted by Gasteiger charge is 2.42. The van der Waals surface area contributed by atoms with Crippen LogP contribution in [0.25, 0.3) is 5.69 Å². The van der Waals surface area contributed by atoms with E-state index in [-0.39, 0.29) is 30.2 Å². The molecule has 0 atom stereocenters. The van der Waals surface area contributed by atoms with Gasteiger partial charge in [-0.15, -0.1) is 0 Å². The molecule has 0 saturated heterocycles. The Kier molecular flexibility index (Phi) is 5.02. The van der Waals surface area contributed by atoms with Gasteiger partial charge in [-0.3, -0.25) is 9.36 Å². The van der Waals surface area contributed by atoms with Crippen LogP contribution in [0, 0.1) is 12.8 Å². The fourth-order valence-corrected chi connectivity index (χ4v) is 4.42. The SMILES string of the molecule is Cc1nc([C@H]2CC[C@@H](C(F)(F)F)CC2)n(-c2ccc(Cl)cc2)c(=O)c1C1CC1. The van der Waals surface area contributed by atoms with Crippen molar-refractivity contribution in [3.05, 3.63) is 56.7 Å². The first-order chi connectivity index (χ1) is 13.3. The average molecular weight is 411 g/mol. The summed E-state index contributed by atoms with van der Waals surface area (Å²) in [6.07, 6.45) is -1.27. The minimum absolute atomic E-state index is 0.0775. The van der Waals surface area contributed by atoms with Crippen molar-refractivity contribution in [1.82, 2.24) is 9.55 Å². The lowest BCUT2D eigenvalue weighted by Gasteiger charge is -2.31. The number of halogens is 4. The topological polar surface area (TPSA) is 34.9 Å². The maximum Gasteiger partial charge on any atom is 0.391 e. The smallest absolute Gasteiger partial charge is 0.269 e. The molecule has 2 fully saturated rings. The summed E-state index contributed by atoms with van der Waals surface area (Å²) in [6.45, 7) is 1.84. The number of nitrogens with zero attached hydrogens (tertiary/aromatic N) is 2. The largest absolute Gasteiger partial charge is 0.391 e. The van der Waals surface area contributed by atoms with Crippen LogP contribution in [0.15, 0.2) is 29.1 Å². The third-order valence-corrected chi connectivity index (χ3v) is 6.21. The third kappa shape index (κ3) is 3.71. The van der Waals surface area contributed by atoms with E-state index in [1.807, 2.05) is 6.92 Å². The Balaban J connectivity index is 1.76. The van der Waals surface area contributed by atoms with E-state index in [0.29, 0.717) is 35.1 Å². The van der Waals surface area contributed by atoms with Crippen molar-refractivity contribution >= 4 is 11.6 Å². The molecular formula is C21H22ClF3N2O. The lowest BCUT2D eigenvalue weighted by atomic mass is 9.81. The fraction of sp³-hybridized carbons (Fsp3) is 0.524. The first-order valence-corrected chi connectivity index (χ1v) is 10.1.